The molecule has 96 valence electrons. The van der Waals surface area contributed by atoms with Gasteiger partial charge in [-0.25, -0.2) is 0 Å². The highest BCUT2D eigenvalue weighted by Gasteiger charge is 2.08. The number of phenols is 1. The number of aromatic nitrogens is 2. The van der Waals surface area contributed by atoms with Gasteiger partial charge in [-0.3, -0.25) is 5.10 Å². The van der Waals surface area contributed by atoms with E-state index in [1.165, 1.54) is 0 Å². The molecule has 1 heterocycles. The molecule has 0 spiro atoms. The molecule has 0 saturated heterocycles. The van der Waals surface area contributed by atoms with Crippen LogP contribution in [0.2, 0.25) is 0 Å². The molecule has 1 unspecified atom stereocenters. The van der Waals surface area contributed by atoms with Crippen LogP contribution in [0.25, 0.3) is 0 Å². The Bertz CT molecular complexity index is 497. The molecular weight excluding hydrogens is 230 g/mol. The molecule has 0 radical (unpaired) electrons. The lowest BCUT2D eigenvalue weighted by atomic mass is 10.1. The minimum atomic E-state index is 0.172. The summed E-state index contributed by atoms with van der Waals surface area (Å²) in [7, 11) is 1.58. The molecule has 0 aliphatic heterocycles. The van der Waals surface area contributed by atoms with Crippen molar-refractivity contribution in [3.63, 3.8) is 0 Å². The molecule has 0 aliphatic rings. The maximum Gasteiger partial charge on any atom is 0.123 e. The fraction of sp³-hybridized carbons (Fsp3) is 0.308. The van der Waals surface area contributed by atoms with E-state index in [-0.39, 0.29) is 11.8 Å². The lowest BCUT2D eigenvalue weighted by Crippen LogP contribution is -2.17. The van der Waals surface area contributed by atoms with Crippen LogP contribution in [0.3, 0.4) is 0 Å². The second-order valence-electron chi connectivity index (χ2n) is 4.13. The first-order valence-electron chi connectivity index (χ1n) is 5.78. The molecule has 3 N–H and O–H groups in total. The number of nitrogens with one attached hydrogen (secondary N) is 2. The van der Waals surface area contributed by atoms with Gasteiger partial charge in [-0.2, -0.15) is 5.10 Å². The van der Waals surface area contributed by atoms with Crippen LogP contribution in [0.15, 0.2) is 30.6 Å². The molecule has 0 aliphatic carbocycles. The number of methoxy groups -OCH3 is 1. The molecule has 1 atom stereocenters. The Morgan fingerprint density at radius 3 is 2.94 bits per heavy atom. The van der Waals surface area contributed by atoms with Gasteiger partial charge < -0.3 is 15.2 Å². The first-order valence-corrected chi connectivity index (χ1v) is 5.78. The summed E-state index contributed by atoms with van der Waals surface area (Å²) < 4.78 is 5.04. The van der Waals surface area contributed by atoms with Crippen molar-refractivity contribution in [1.29, 1.82) is 0 Å². The minimum absolute atomic E-state index is 0.172. The Morgan fingerprint density at radius 2 is 2.33 bits per heavy atom. The predicted molar refractivity (Wildman–Crippen MR) is 68.5 cm³/mol. The summed E-state index contributed by atoms with van der Waals surface area (Å²) in [6.45, 7) is 2.63. The number of nitrogens with zero attached hydrogens (tertiary/aromatic N) is 1. The molecule has 0 saturated carbocycles. The molecule has 2 rings (SSSR count). The van der Waals surface area contributed by atoms with E-state index in [2.05, 4.69) is 15.5 Å². The number of phenolic OH excluding ortho intramolecular Hbond substituents is 1. The molecule has 2 aromatic rings. The van der Waals surface area contributed by atoms with Crippen LogP contribution in [0.5, 0.6) is 11.5 Å². The first-order chi connectivity index (χ1) is 8.70. The molecule has 0 fully saturated rings. The Hall–Kier alpha value is -2.01. The van der Waals surface area contributed by atoms with Crippen molar-refractivity contribution < 1.29 is 9.84 Å². The number of hydrogen-bond donors (Lipinski definition) is 3. The smallest absolute Gasteiger partial charge is 0.123 e. The van der Waals surface area contributed by atoms with E-state index in [1.807, 2.05) is 25.3 Å². The van der Waals surface area contributed by atoms with Crippen LogP contribution in [-0.2, 0) is 6.54 Å². The number of ether oxygens (including phenoxy) is 1. The summed E-state index contributed by atoms with van der Waals surface area (Å²) in [6, 6.07) is 5.47. The van der Waals surface area contributed by atoms with Gasteiger partial charge >= 0.3 is 0 Å². The molecule has 18 heavy (non-hydrogen) atoms. The number of aromatic amines is 1. The van der Waals surface area contributed by atoms with Crippen LogP contribution < -0.4 is 10.1 Å². The zero-order valence-electron chi connectivity index (χ0n) is 10.5. The Kier molecular flexibility index (Phi) is 3.84. The highest BCUT2D eigenvalue weighted by atomic mass is 16.5. The Morgan fingerprint density at radius 1 is 1.50 bits per heavy atom. The van der Waals surface area contributed by atoms with E-state index in [0.717, 1.165) is 11.1 Å². The van der Waals surface area contributed by atoms with E-state index in [9.17, 15) is 5.11 Å². The molecule has 1 aromatic heterocycles. The van der Waals surface area contributed by atoms with E-state index in [0.29, 0.717) is 12.3 Å². The molecule has 0 bridgehead atoms. The highest BCUT2D eigenvalue weighted by Crippen LogP contribution is 2.23. The van der Waals surface area contributed by atoms with Crippen molar-refractivity contribution in [3.05, 3.63) is 41.7 Å². The predicted octanol–water partition coefficient (Wildman–Crippen LogP) is 1.97. The third-order valence-electron chi connectivity index (χ3n) is 2.91. The number of aromatic hydroxyl groups is 1. The van der Waals surface area contributed by atoms with Gasteiger partial charge in [-0.15, -0.1) is 0 Å². The van der Waals surface area contributed by atoms with E-state index >= 15 is 0 Å². The van der Waals surface area contributed by atoms with Crippen molar-refractivity contribution in [2.24, 2.45) is 0 Å². The van der Waals surface area contributed by atoms with E-state index in [4.69, 9.17) is 4.74 Å². The second-order valence-corrected chi connectivity index (χ2v) is 4.13. The summed E-state index contributed by atoms with van der Waals surface area (Å²) in [5.74, 6) is 0.889. The lowest BCUT2D eigenvalue weighted by molar-refractivity contribution is 0.405. The Labute approximate surface area is 106 Å². The van der Waals surface area contributed by atoms with Crippen molar-refractivity contribution in [2.45, 2.75) is 19.5 Å². The van der Waals surface area contributed by atoms with Gasteiger partial charge in [-0.1, -0.05) is 6.07 Å². The number of benzene rings is 1. The third kappa shape index (κ3) is 2.81. The van der Waals surface area contributed by atoms with Gasteiger partial charge in [0.25, 0.3) is 0 Å². The van der Waals surface area contributed by atoms with Crippen molar-refractivity contribution in [1.82, 2.24) is 15.5 Å². The third-order valence-corrected chi connectivity index (χ3v) is 2.91. The average molecular weight is 247 g/mol. The van der Waals surface area contributed by atoms with Gasteiger partial charge in [0.15, 0.2) is 0 Å². The monoisotopic (exact) mass is 247 g/mol. The maximum absolute atomic E-state index is 9.83. The van der Waals surface area contributed by atoms with Crippen molar-refractivity contribution in [3.8, 4) is 11.5 Å². The van der Waals surface area contributed by atoms with Crippen molar-refractivity contribution >= 4 is 0 Å². The quantitative estimate of drug-likeness (QED) is 0.755. The summed E-state index contributed by atoms with van der Waals surface area (Å²) in [5, 5.41) is 19.8. The first kappa shape index (κ1) is 12.4. The van der Waals surface area contributed by atoms with Crippen LogP contribution in [0.1, 0.15) is 24.1 Å². The number of hydrogen-bond acceptors (Lipinski definition) is 4. The average Bonchev–Trinajstić information content (AvgIpc) is 2.90. The molecule has 0 amide bonds. The summed E-state index contributed by atoms with van der Waals surface area (Å²) >= 11 is 0. The summed E-state index contributed by atoms with van der Waals surface area (Å²) in [6.07, 6.45) is 3.64. The van der Waals surface area contributed by atoms with Crippen LogP contribution in [0, 0.1) is 0 Å². The van der Waals surface area contributed by atoms with Gasteiger partial charge in [0.2, 0.25) is 0 Å². The Balaban J connectivity index is 1.98. The van der Waals surface area contributed by atoms with Gasteiger partial charge in [-0.05, 0) is 13.0 Å². The van der Waals surface area contributed by atoms with E-state index in [1.54, 1.807) is 19.4 Å². The normalized spacial score (nSPS) is 12.3. The SMILES string of the molecule is COc1ccc(CNC(C)c2cn[nH]c2)c(O)c1. The topological polar surface area (TPSA) is 70.2 Å². The fourth-order valence-electron chi connectivity index (χ4n) is 1.70. The minimum Gasteiger partial charge on any atom is -0.507 e. The molecule has 5 nitrogen and oxygen atoms in total. The fourth-order valence-corrected chi connectivity index (χ4v) is 1.70. The van der Waals surface area contributed by atoms with Crippen LogP contribution >= 0.6 is 0 Å². The zero-order chi connectivity index (χ0) is 13.0. The van der Waals surface area contributed by atoms with Crippen LogP contribution in [0.4, 0.5) is 0 Å². The largest absolute Gasteiger partial charge is 0.507 e. The zero-order valence-corrected chi connectivity index (χ0v) is 10.5. The standard InChI is InChI=1S/C13H17N3O2/c1-9(11-7-15-16-8-11)14-6-10-3-4-12(18-2)5-13(10)17/h3-5,7-9,14,17H,6H2,1-2H3,(H,15,16). The van der Waals surface area contributed by atoms with Crippen LogP contribution in [-0.4, -0.2) is 22.4 Å². The summed E-state index contributed by atoms with van der Waals surface area (Å²) in [5.41, 5.74) is 1.93. The van der Waals surface area contributed by atoms with Gasteiger partial charge in [0.1, 0.15) is 11.5 Å². The lowest BCUT2D eigenvalue weighted by Gasteiger charge is -2.13. The number of rotatable bonds is 5. The second kappa shape index (κ2) is 5.55. The van der Waals surface area contributed by atoms with Gasteiger partial charge in [0, 0.05) is 36.0 Å². The molecule has 5 heteroatoms. The number of H-pyrrole nitrogens is 1. The summed E-state index contributed by atoms with van der Waals surface area (Å²) in [4.78, 5) is 0. The van der Waals surface area contributed by atoms with E-state index < -0.39 is 0 Å². The highest BCUT2D eigenvalue weighted by molar-refractivity contribution is 5.39. The maximum atomic E-state index is 9.83. The molecule has 1 aromatic carbocycles. The van der Waals surface area contributed by atoms with Gasteiger partial charge in [0.05, 0.1) is 13.3 Å². The molecular formula is C13H17N3O2. The van der Waals surface area contributed by atoms with Crippen molar-refractivity contribution in [2.75, 3.05) is 7.11 Å².